The number of carbonyl (C=O) groups is 1. The Labute approximate surface area is 130 Å². The van der Waals surface area contributed by atoms with E-state index in [0.717, 1.165) is 29.7 Å². The lowest BCUT2D eigenvalue weighted by Gasteiger charge is -2.37. The van der Waals surface area contributed by atoms with Gasteiger partial charge in [-0.25, -0.2) is 0 Å². The summed E-state index contributed by atoms with van der Waals surface area (Å²) in [4.78, 5) is 13.5. The zero-order valence-corrected chi connectivity index (χ0v) is 13.6. The van der Waals surface area contributed by atoms with Crippen molar-refractivity contribution in [3.05, 3.63) is 21.9 Å². The molecule has 0 aromatic carbocycles. The van der Waals surface area contributed by atoms with E-state index < -0.39 is 0 Å². The molecule has 1 unspecified atom stereocenters. The smallest absolute Gasteiger partial charge is 0.223 e. The lowest BCUT2D eigenvalue weighted by molar-refractivity contribution is -0.130. The molecule has 1 aliphatic rings. The Morgan fingerprint density at radius 3 is 3.05 bits per heavy atom. The minimum atomic E-state index is -0.126. The molecule has 21 heavy (non-hydrogen) atoms. The van der Waals surface area contributed by atoms with Gasteiger partial charge in [-0.05, 0) is 24.3 Å². The molecule has 1 fully saturated rings. The molecular formula is C17H23NO2S. The van der Waals surface area contributed by atoms with E-state index in [2.05, 4.69) is 31.0 Å². The Balaban J connectivity index is 1.90. The number of nitrogens with one attached hydrogen (secondary N) is 1. The molecule has 3 nitrogen and oxygen atoms in total. The van der Waals surface area contributed by atoms with E-state index in [-0.39, 0.29) is 23.8 Å². The zero-order valence-electron chi connectivity index (χ0n) is 12.7. The monoisotopic (exact) mass is 305 g/mol. The third-order valence-electron chi connectivity index (χ3n) is 4.23. The maximum atomic E-state index is 12.4. The molecule has 0 bridgehead atoms. The van der Waals surface area contributed by atoms with Crippen LogP contribution in [0.25, 0.3) is 0 Å². The second-order valence-corrected chi connectivity index (χ2v) is 7.26. The average Bonchev–Trinajstić information content (AvgIpc) is 2.90. The van der Waals surface area contributed by atoms with Crippen LogP contribution in [0.1, 0.15) is 50.0 Å². The van der Waals surface area contributed by atoms with Crippen LogP contribution in [0.15, 0.2) is 11.4 Å². The lowest BCUT2D eigenvalue weighted by atomic mass is 9.68. The minimum Gasteiger partial charge on any atom is -0.384 e. The van der Waals surface area contributed by atoms with E-state index in [9.17, 15) is 4.79 Å². The van der Waals surface area contributed by atoms with Gasteiger partial charge in [-0.15, -0.1) is 11.3 Å². The number of amides is 1. The molecule has 0 radical (unpaired) electrons. The normalized spacial score (nSPS) is 20.4. The van der Waals surface area contributed by atoms with Crippen molar-refractivity contribution >= 4 is 17.2 Å². The summed E-state index contributed by atoms with van der Waals surface area (Å²) in [5.41, 5.74) is 1.01. The quantitative estimate of drug-likeness (QED) is 0.844. The Morgan fingerprint density at radius 2 is 2.33 bits per heavy atom. The number of hydrogen-bond acceptors (Lipinski definition) is 3. The van der Waals surface area contributed by atoms with E-state index in [1.54, 1.807) is 11.3 Å². The molecule has 1 aliphatic carbocycles. The Kier molecular flexibility index (Phi) is 5.44. The number of hydrogen-bond donors (Lipinski definition) is 2. The molecule has 1 aromatic heterocycles. The molecular weight excluding hydrogens is 282 g/mol. The highest BCUT2D eigenvalue weighted by molar-refractivity contribution is 7.10. The fraction of sp³-hybridized carbons (Fsp3) is 0.588. The highest BCUT2D eigenvalue weighted by Crippen LogP contribution is 2.40. The van der Waals surface area contributed by atoms with Gasteiger partial charge in [-0.2, -0.15) is 0 Å². The predicted molar refractivity (Wildman–Crippen MR) is 85.9 cm³/mol. The molecule has 2 rings (SSSR count). The highest BCUT2D eigenvalue weighted by Gasteiger charge is 2.36. The SMILES string of the molecule is CC1(C)CCCCC1C(=O)NCc1cc(C#CCO)cs1. The van der Waals surface area contributed by atoms with Crippen molar-refractivity contribution in [2.75, 3.05) is 6.61 Å². The van der Waals surface area contributed by atoms with Gasteiger partial charge >= 0.3 is 0 Å². The Hall–Kier alpha value is -1.31. The maximum Gasteiger partial charge on any atom is 0.223 e. The first kappa shape index (κ1) is 16.1. The Morgan fingerprint density at radius 1 is 1.52 bits per heavy atom. The van der Waals surface area contributed by atoms with Crippen LogP contribution in [-0.4, -0.2) is 17.6 Å². The summed E-state index contributed by atoms with van der Waals surface area (Å²) in [6.45, 7) is 4.84. The molecule has 2 N–H and O–H groups in total. The van der Waals surface area contributed by atoms with Gasteiger partial charge in [0.2, 0.25) is 5.91 Å². The predicted octanol–water partition coefficient (Wildman–Crippen LogP) is 2.92. The van der Waals surface area contributed by atoms with Crippen molar-refractivity contribution in [1.82, 2.24) is 5.32 Å². The fourth-order valence-corrected chi connectivity index (χ4v) is 3.71. The summed E-state index contributed by atoms with van der Waals surface area (Å²) in [6, 6.07) is 1.97. The van der Waals surface area contributed by atoms with Crippen LogP contribution in [0.3, 0.4) is 0 Å². The number of carbonyl (C=O) groups excluding carboxylic acids is 1. The van der Waals surface area contributed by atoms with E-state index in [4.69, 9.17) is 5.11 Å². The average molecular weight is 305 g/mol. The van der Waals surface area contributed by atoms with Crippen molar-refractivity contribution in [1.29, 1.82) is 0 Å². The van der Waals surface area contributed by atoms with E-state index in [0.29, 0.717) is 6.54 Å². The van der Waals surface area contributed by atoms with Gasteiger partial charge in [0.25, 0.3) is 0 Å². The third-order valence-corrected chi connectivity index (χ3v) is 5.16. The lowest BCUT2D eigenvalue weighted by Crippen LogP contribution is -2.40. The van der Waals surface area contributed by atoms with Crippen LogP contribution in [0, 0.1) is 23.2 Å². The molecule has 0 aliphatic heterocycles. The van der Waals surface area contributed by atoms with Crippen molar-refractivity contribution in [3.8, 4) is 11.8 Å². The molecule has 0 saturated heterocycles. The standard InChI is InChI=1S/C17H23NO2S/c1-17(2)8-4-3-7-15(17)16(20)18-11-14-10-13(12-21-14)6-5-9-19/h10,12,15,19H,3-4,7-9,11H2,1-2H3,(H,18,20). The number of rotatable bonds is 3. The summed E-state index contributed by atoms with van der Waals surface area (Å²) < 4.78 is 0. The largest absolute Gasteiger partial charge is 0.384 e. The zero-order chi connectivity index (χ0) is 15.3. The first-order valence-electron chi connectivity index (χ1n) is 7.48. The molecule has 1 aromatic rings. The molecule has 1 atom stereocenters. The van der Waals surface area contributed by atoms with Gasteiger partial charge in [0.15, 0.2) is 0 Å². The summed E-state index contributed by atoms with van der Waals surface area (Å²) in [7, 11) is 0. The molecule has 1 amide bonds. The van der Waals surface area contributed by atoms with Gasteiger partial charge in [0, 0.05) is 21.7 Å². The first-order chi connectivity index (χ1) is 10.0. The summed E-state index contributed by atoms with van der Waals surface area (Å²) in [5.74, 6) is 5.81. The van der Waals surface area contributed by atoms with Gasteiger partial charge in [-0.1, -0.05) is 38.5 Å². The molecule has 0 spiro atoms. The molecule has 1 heterocycles. The Bertz CT molecular complexity index is 551. The van der Waals surface area contributed by atoms with E-state index >= 15 is 0 Å². The molecule has 1 saturated carbocycles. The van der Waals surface area contributed by atoms with Gasteiger partial charge in [0.05, 0.1) is 6.54 Å². The fourth-order valence-electron chi connectivity index (χ4n) is 2.96. The van der Waals surface area contributed by atoms with Crippen LogP contribution < -0.4 is 5.32 Å². The highest BCUT2D eigenvalue weighted by atomic mass is 32.1. The summed E-state index contributed by atoms with van der Waals surface area (Å²) in [6.07, 6.45) is 4.51. The van der Waals surface area contributed by atoms with Crippen molar-refractivity contribution in [2.45, 2.75) is 46.1 Å². The second kappa shape index (κ2) is 7.11. The van der Waals surface area contributed by atoms with Gasteiger partial charge < -0.3 is 10.4 Å². The van der Waals surface area contributed by atoms with Gasteiger partial charge in [0.1, 0.15) is 6.61 Å². The maximum absolute atomic E-state index is 12.4. The topological polar surface area (TPSA) is 49.3 Å². The summed E-state index contributed by atoms with van der Waals surface area (Å²) in [5, 5.41) is 13.7. The van der Waals surface area contributed by atoms with Crippen LogP contribution in [0.2, 0.25) is 0 Å². The molecule has 4 heteroatoms. The van der Waals surface area contributed by atoms with Crippen molar-refractivity contribution in [2.24, 2.45) is 11.3 Å². The van der Waals surface area contributed by atoms with Crippen LogP contribution in [0.5, 0.6) is 0 Å². The first-order valence-corrected chi connectivity index (χ1v) is 8.36. The molecule has 114 valence electrons. The van der Waals surface area contributed by atoms with Crippen LogP contribution >= 0.6 is 11.3 Å². The second-order valence-electron chi connectivity index (χ2n) is 6.27. The number of aliphatic hydroxyl groups excluding tert-OH is 1. The van der Waals surface area contributed by atoms with Crippen molar-refractivity contribution in [3.63, 3.8) is 0 Å². The summed E-state index contributed by atoms with van der Waals surface area (Å²) >= 11 is 1.59. The van der Waals surface area contributed by atoms with Gasteiger partial charge in [-0.3, -0.25) is 4.79 Å². The third kappa shape index (κ3) is 4.33. The number of thiophene rings is 1. The van der Waals surface area contributed by atoms with Crippen LogP contribution in [-0.2, 0) is 11.3 Å². The minimum absolute atomic E-state index is 0.107. The van der Waals surface area contributed by atoms with Crippen LogP contribution in [0.4, 0.5) is 0 Å². The van der Waals surface area contributed by atoms with Crippen molar-refractivity contribution < 1.29 is 9.90 Å². The number of aliphatic hydroxyl groups is 1. The van der Waals surface area contributed by atoms with E-state index in [1.807, 2.05) is 11.4 Å². The van der Waals surface area contributed by atoms with E-state index in [1.165, 1.54) is 6.42 Å².